The van der Waals surface area contributed by atoms with E-state index >= 15 is 0 Å². The molecule has 0 aromatic heterocycles. The first kappa shape index (κ1) is 13.9. The van der Waals surface area contributed by atoms with Crippen LogP contribution in [0.25, 0.3) is 0 Å². The van der Waals surface area contributed by atoms with Gasteiger partial charge >= 0.3 is 0 Å². The molecule has 1 aromatic carbocycles. The van der Waals surface area contributed by atoms with E-state index in [0.717, 1.165) is 18.7 Å². The summed E-state index contributed by atoms with van der Waals surface area (Å²) in [6, 6.07) is 8.35. The molecule has 0 heterocycles. The third-order valence-corrected chi connectivity index (χ3v) is 4.38. The van der Waals surface area contributed by atoms with E-state index in [2.05, 4.69) is 48.4 Å². The van der Waals surface area contributed by atoms with Gasteiger partial charge in [0.05, 0.1) is 0 Å². The zero-order chi connectivity index (χ0) is 13.7. The maximum atomic E-state index is 5.96. The second-order valence-corrected chi connectivity index (χ2v) is 5.58. The molecular formula is C16H25N3. The Labute approximate surface area is 116 Å². The minimum atomic E-state index is 0.429. The fraction of sp³-hybridized carbons (Fsp3) is 0.562. The lowest BCUT2D eigenvalue weighted by molar-refractivity contribution is 0.139. The molecule has 3 nitrogen and oxygen atoms in total. The third kappa shape index (κ3) is 3.49. The van der Waals surface area contributed by atoms with Crippen LogP contribution in [-0.2, 0) is 6.42 Å². The molecule has 1 saturated carbocycles. The van der Waals surface area contributed by atoms with Crippen LogP contribution in [0.4, 0.5) is 5.69 Å². The first-order valence-corrected chi connectivity index (χ1v) is 7.33. The Hall–Kier alpha value is -1.51. The summed E-state index contributed by atoms with van der Waals surface area (Å²) in [6.07, 6.45) is 6.20. The van der Waals surface area contributed by atoms with Crippen molar-refractivity contribution >= 4 is 11.6 Å². The SMILES string of the molecule is CCc1ccc(NC(N)=NCC2(CC)CCC2)cc1. The number of nitrogens with two attached hydrogens (primary N) is 1. The number of nitrogens with zero attached hydrogens (tertiary/aromatic N) is 1. The second kappa shape index (κ2) is 6.09. The number of rotatable bonds is 5. The van der Waals surface area contributed by atoms with E-state index in [1.165, 1.54) is 31.2 Å². The summed E-state index contributed by atoms with van der Waals surface area (Å²) in [5.74, 6) is 0.531. The molecule has 104 valence electrons. The van der Waals surface area contributed by atoms with E-state index in [1.54, 1.807) is 0 Å². The van der Waals surface area contributed by atoms with Gasteiger partial charge in [0.2, 0.25) is 0 Å². The summed E-state index contributed by atoms with van der Waals surface area (Å²) in [5.41, 5.74) is 8.73. The Kier molecular flexibility index (Phi) is 4.46. The summed E-state index contributed by atoms with van der Waals surface area (Å²) in [4.78, 5) is 4.51. The van der Waals surface area contributed by atoms with Crippen LogP contribution in [0.5, 0.6) is 0 Å². The molecule has 1 aromatic rings. The number of hydrogen-bond acceptors (Lipinski definition) is 1. The zero-order valence-corrected chi connectivity index (χ0v) is 12.1. The summed E-state index contributed by atoms with van der Waals surface area (Å²) >= 11 is 0. The topological polar surface area (TPSA) is 50.4 Å². The Morgan fingerprint density at radius 1 is 1.26 bits per heavy atom. The number of benzene rings is 1. The van der Waals surface area contributed by atoms with E-state index < -0.39 is 0 Å². The van der Waals surface area contributed by atoms with Crippen LogP contribution in [0.3, 0.4) is 0 Å². The predicted molar refractivity (Wildman–Crippen MR) is 82.5 cm³/mol. The van der Waals surface area contributed by atoms with E-state index in [0.29, 0.717) is 11.4 Å². The fourth-order valence-electron chi connectivity index (χ4n) is 2.56. The van der Waals surface area contributed by atoms with Crippen molar-refractivity contribution < 1.29 is 0 Å². The second-order valence-electron chi connectivity index (χ2n) is 5.58. The Bertz CT molecular complexity index is 424. The molecule has 1 aliphatic carbocycles. The van der Waals surface area contributed by atoms with Crippen LogP contribution in [0.15, 0.2) is 29.3 Å². The van der Waals surface area contributed by atoms with Crippen molar-refractivity contribution in [3.63, 3.8) is 0 Å². The lowest BCUT2D eigenvalue weighted by Crippen LogP contribution is -2.33. The van der Waals surface area contributed by atoms with Gasteiger partial charge in [0, 0.05) is 12.2 Å². The Morgan fingerprint density at radius 2 is 1.95 bits per heavy atom. The highest BCUT2D eigenvalue weighted by Crippen LogP contribution is 2.43. The number of guanidine groups is 1. The highest BCUT2D eigenvalue weighted by Gasteiger charge is 2.34. The molecular weight excluding hydrogens is 234 g/mol. The number of nitrogens with one attached hydrogen (secondary N) is 1. The smallest absolute Gasteiger partial charge is 0.193 e. The zero-order valence-electron chi connectivity index (χ0n) is 12.1. The molecule has 19 heavy (non-hydrogen) atoms. The van der Waals surface area contributed by atoms with Crippen LogP contribution < -0.4 is 11.1 Å². The minimum absolute atomic E-state index is 0.429. The van der Waals surface area contributed by atoms with Crippen molar-refractivity contribution in [2.24, 2.45) is 16.1 Å². The van der Waals surface area contributed by atoms with Crippen LogP contribution in [0.1, 0.15) is 45.1 Å². The van der Waals surface area contributed by atoms with Crippen molar-refractivity contribution in [3.05, 3.63) is 29.8 Å². The molecule has 0 spiro atoms. The van der Waals surface area contributed by atoms with E-state index in [1.807, 2.05) is 0 Å². The fourth-order valence-corrected chi connectivity index (χ4v) is 2.56. The molecule has 3 heteroatoms. The van der Waals surface area contributed by atoms with Gasteiger partial charge in [0.1, 0.15) is 0 Å². The first-order valence-electron chi connectivity index (χ1n) is 7.33. The predicted octanol–water partition coefficient (Wildman–Crippen LogP) is 3.56. The molecule has 0 atom stereocenters. The minimum Gasteiger partial charge on any atom is -0.370 e. The Balaban J connectivity index is 1.90. The lowest BCUT2D eigenvalue weighted by Gasteiger charge is -2.40. The summed E-state index contributed by atoms with van der Waals surface area (Å²) in [5, 5.41) is 3.17. The molecule has 0 amide bonds. The molecule has 0 radical (unpaired) electrons. The van der Waals surface area contributed by atoms with Crippen LogP contribution in [0, 0.1) is 5.41 Å². The van der Waals surface area contributed by atoms with Crippen LogP contribution in [0.2, 0.25) is 0 Å². The highest BCUT2D eigenvalue weighted by atomic mass is 15.1. The van der Waals surface area contributed by atoms with E-state index in [-0.39, 0.29) is 0 Å². The van der Waals surface area contributed by atoms with Crippen LogP contribution in [-0.4, -0.2) is 12.5 Å². The van der Waals surface area contributed by atoms with Gasteiger partial charge in [0.25, 0.3) is 0 Å². The normalized spacial score (nSPS) is 17.9. The van der Waals surface area contributed by atoms with Gasteiger partial charge in [-0.1, -0.05) is 32.4 Å². The number of anilines is 1. The molecule has 3 N–H and O–H groups in total. The van der Waals surface area contributed by atoms with Gasteiger partial charge in [-0.15, -0.1) is 0 Å². The average molecular weight is 259 g/mol. The maximum Gasteiger partial charge on any atom is 0.193 e. The van der Waals surface area contributed by atoms with Gasteiger partial charge in [-0.3, -0.25) is 4.99 Å². The Morgan fingerprint density at radius 3 is 2.42 bits per heavy atom. The number of hydrogen-bond donors (Lipinski definition) is 2. The van der Waals surface area contributed by atoms with Gasteiger partial charge in [0.15, 0.2) is 5.96 Å². The molecule has 0 unspecified atom stereocenters. The molecule has 0 aliphatic heterocycles. The summed E-state index contributed by atoms with van der Waals surface area (Å²) in [6.45, 7) is 5.26. The average Bonchev–Trinajstić information content (AvgIpc) is 2.39. The molecule has 2 rings (SSSR count). The van der Waals surface area contributed by atoms with Gasteiger partial charge in [-0.25, -0.2) is 0 Å². The summed E-state index contributed by atoms with van der Waals surface area (Å²) in [7, 11) is 0. The van der Waals surface area contributed by atoms with Crippen molar-refractivity contribution in [1.82, 2.24) is 0 Å². The molecule has 0 bridgehead atoms. The lowest BCUT2D eigenvalue weighted by atomic mass is 9.67. The maximum absolute atomic E-state index is 5.96. The van der Waals surface area contributed by atoms with Crippen molar-refractivity contribution in [2.45, 2.75) is 46.0 Å². The summed E-state index contributed by atoms with van der Waals surface area (Å²) < 4.78 is 0. The van der Waals surface area contributed by atoms with Crippen molar-refractivity contribution in [1.29, 1.82) is 0 Å². The number of aliphatic imine (C=N–C) groups is 1. The third-order valence-electron chi connectivity index (χ3n) is 4.38. The standard InChI is InChI=1S/C16H25N3/c1-3-13-6-8-14(9-7-13)19-15(17)18-12-16(4-2)10-5-11-16/h6-9H,3-5,10-12H2,1-2H3,(H3,17,18,19). The van der Waals surface area contributed by atoms with Gasteiger partial charge in [-0.2, -0.15) is 0 Å². The largest absolute Gasteiger partial charge is 0.370 e. The first-order chi connectivity index (χ1) is 9.17. The molecule has 1 fully saturated rings. The number of aryl methyl sites for hydroxylation is 1. The van der Waals surface area contributed by atoms with Gasteiger partial charge < -0.3 is 11.1 Å². The van der Waals surface area contributed by atoms with Crippen molar-refractivity contribution in [2.75, 3.05) is 11.9 Å². The highest BCUT2D eigenvalue weighted by molar-refractivity contribution is 5.92. The monoisotopic (exact) mass is 259 g/mol. The quantitative estimate of drug-likeness (QED) is 0.627. The van der Waals surface area contributed by atoms with E-state index in [4.69, 9.17) is 5.73 Å². The van der Waals surface area contributed by atoms with Gasteiger partial charge in [-0.05, 0) is 48.8 Å². The van der Waals surface area contributed by atoms with E-state index in [9.17, 15) is 0 Å². The molecule has 0 saturated heterocycles. The van der Waals surface area contributed by atoms with Crippen molar-refractivity contribution in [3.8, 4) is 0 Å². The van der Waals surface area contributed by atoms with Crippen LogP contribution >= 0.6 is 0 Å². The molecule has 1 aliphatic rings.